The van der Waals surface area contributed by atoms with Crippen LogP contribution in [0.3, 0.4) is 0 Å². The van der Waals surface area contributed by atoms with E-state index in [1.54, 1.807) is 6.92 Å². The summed E-state index contributed by atoms with van der Waals surface area (Å²) in [5.74, 6) is -3.16. The summed E-state index contributed by atoms with van der Waals surface area (Å²) < 4.78 is 4.91. The Morgan fingerprint density at radius 1 is 1.58 bits per heavy atom. The van der Waals surface area contributed by atoms with Crippen molar-refractivity contribution >= 4 is 17.6 Å². The van der Waals surface area contributed by atoms with Gasteiger partial charge >= 0.3 is 11.9 Å². The first-order valence-electron chi connectivity index (χ1n) is 7.58. The van der Waals surface area contributed by atoms with Gasteiger partial charge < -0.3 is 14.7 Å². The number of carboxylic acids is 1. The molecular weight excluding hydrogens is 318 g/mol. The van der Waals surface area contributed by atoms with E-state index in [0.717, 1.165) is 18.8 Å². The Bertz CT molecular complexity index is 663. The summed E-state index contributed by atoms with van der Waals surface area (Å²) in [4.78, 5) is 40.2. The highest BCUT2D eigenvalue weighted by Crippen LogP contribution is 2.34. The highest BCUT2D eigenvalue weighted by atomic mass is 16.6. The van der Waals surface area contributed by atoms with Gasteiger partial charge in [0.2, 0.25) is 0 Å². The molecule has 1 fully saturated rings. The molecule has 1 aromatic rings. The summed E-state index contributed by atoms with van der Waals surface area (Å²) in [6, 6.07) is 1.04. The summed E-state index contributed by atoms with van der Waals surface area (Å²) in [7, 11) is 1.88. The number of hydrogen-bond acceptors (Lipinski definition) is 7. The van der Waals surface area contributed by atoms with Crippen molar-refractivity contribution in [3.8, 4) is 0 Å². The standard InChI is InChI=1S/C15H19N3O6/c1-3-24-15(21)11-6-10(18(22)23)7-16-13(11)12(14(19)20)9-4-5-17(2)8-9/h6-7,9,12H,3-5,8H2,1-2H3,(H,19,20). The molecule has 130 valence electrons. The molecule has 24 heavy (non-hydrogen) atoms. The van der Waals surface area contributed by atoms with Gasteiger partial charge in [0.25, 0.3) is 5.69 Å². The van der Waals surface area contributed by atoms with Crippen LogP contribution in [0.4, 0.5) is 5.69 Å². The number of esters is 1. The van der Waals surface area contributed by atoms with E-state index in [4.69, 9.17) is 4.74 Å². The Kier molecular flexibility index (Phi) is 5.45. The molecule has 2 rings (SSSR count). The Labute approximate surface area is 138 Å². The van der Waals surface area contributed by atoms with Gasteiger partial charge in [-0.05, 0) is 32.9 Å². The number of rotatable bonds is 6. The molecule has 2 unspecified atom stereocenters. The third-order valence-corrected chi connectivity index (χ3v) is 4.07. The lowest BCUT2D eigenvalue weighted by Gasteiger charge is -2.20. The maximum Gasteiger partial charge on any atom is 0.340 e. The van der Waals surface area contributed by atoms with Crippen molar-refractivity contribution in [3.05, 3.63) is 33.6 Å². The smallest absolute Gasteiger partial charge is 0.340 e. The van der Waals surface area contributed by atoms with Crippen molar-refractivity contribution < 1.29 is 24.4 Å². The topological polar surface area (TPSA) is 123 Å². The maximum absolute atomic E-state index is 12.2. The third-order valence-electron chi connectivity index (χ3n) is 4.07. The second kappa shape index (κ2) is 7.35. The first-order valence-corrected chi connectivity index (χ1v) is 7.58. The molecule has 2 heterocycles. The molecule has 1 aliphatic rings. The van der Waals surface area contributed by atoms with Gasteiger partial charge in [-0.15, -0.1) is 0 Å². The van der Waals surface area contributed by atoms with E-state index in [1.165, 1.54) is 0 Å². The average Bonchev–Trinajstić information content (AvgIpc) is 2.93. The zero-order valence-corrected chi connectivity index (χ0v) is 13.5. The molecule has 1 saturated heterocycles. The quantitative estimate of drug-likeness (QED) is 0.468. The van der Waals surface area contributed by atoms with Gasteiger partial charge in [-0.3, -0.25) is 19.9 Å². The van der Waals surface area contributed by atoms with E-state index in [0.29, 0.717) is 13.0 Å². The number of carbonyl (C=O) groups excluding carboxylic acids is 1. The minimum atomic E-state index is -1.11. The van der Waals surface area contributed by atoms with Crippen molar-refractivity contribution in [2.75, 3.05) is 26.7 Å². The van der Waals surface area contributed by atoms with Crippen LogP contribution in [0, 0.1) is 16.0 Å². The molecule has 1 aromatic heterocycles. The number of carboxylic acid groups (broad SMARTS) is 1. The molecule has 0 aliphatic carbocycles. The van der Waals surface area contributed by atoms with Crippen molar-refractivity contribution in [2.24, 2.45) is 5.92 Å². The number of carbonyl (C=O) groups is 2. The van der Waals surface area contributed by atoms with E-state index in [2.05, 4.69) is 4.98 Å². The number of aliphatic carboxylic acids is 1. The predicted molar refractivity (Wildman–Crippen MR) is 82.8 cm³/mol. The summed E-state index contributed by atoms with van der Waals surface area (Å²) in [6.45, 7) is 2.97. The lowest BCUT2D eigenvalue weighted by Crippen LogP contribution is -2.27. The fourth-order valence-electron chi connectivity index (χ4n) is 2.97. The van der Waals surface area contributed by atoms with Crippen LogP contribution in [-0.2, 0) is 9.53 Å². The molecular formula is C15H19N3O6. The van der Waals surface area contributed by atoms with Crippen LogP contribution in [0.25, 0.3) is 0 Å². The lowest BCUT2D eigenvalue weighted by atomic mass is 9.86. The fraction of sp³-hybridized carbons (Fsp3) is 0.533. The number of likely N-dealkylation sites (tertiary alicyclic amines) is 1. The lowest BCUT2D eigenvalue weighted by molar-refractivity contribution is -0.385. The summed E-state index contributed by atoms with van der Waals surface area (Å²) in [5.41, 5.74) is -0.519. The SMILES string of the molecule is CCOC(=O)c1cc([N+](=O)[O-])cnc1C(C(=O)O)C1CCN(C)C1. The van der Waals surface area contributed by atoms with Crippen LogP contribution in [0.2, 0.25) is 0 Å². The highest BCUT2D eigenvalue weighted by Gasteiger charge is 2.38. The third kappa shape index (κ3) is 3.67. The van der Waals surface area contributed by atoms with Gasteiger partial charge in [0.1, 0.15) is 12.1 Å². The van der Waals surface area contributed by atoms with Crippen LogP contribution < -0.4 is 0 Å². The molecule has 0 aromatic carbocycles. The molecule has 2 atom stereocenters. The summed E-state index contributed by atoms with van der Waals surface area (Å²) in [5, 5.41) is 20.6. The minimum Gasteiger partial charge on any atom is -0.481 e. The Morgan fingerprint density at radius 2 is 2.29 bits per heavy atom. The number of nitro groups is 1. The number of ether oxygens (including phenoxy) is 1. The van der Waals surface area contributed by atoms with E-state index in [1.807, 2.05) is 11.9 Å². The number of nitrogens with zero attached hydrogens (tertiary/aromatic N) is 3. The molecule has 1 aliphatic heterocycles. The van der Waals surface area contributed by atoms with E-state index < -0.39 is 22.8 Å². The van der Waals surface area contributed by atoms with Gasteiger partial charge in [-0.2, -0.15) is 0 Å². The zero-order chi connectivity index (χ0) is 17.9. The van der Waals surface area contributed by atoms with Gasteiger partial charge in [-0.25, -0.2) is 4.79 Å². The first kappa shape index (κ1) is 17.8. The molecule has 0 bridgehead atoms. The Morgan fingerprint density at radius 3 is 2.79 bits per heavy atom. The minimum absolute atomic E-state index is 0.0202. The second-order valence-electron chi connectivity index (χ2n) is 5.73. The van der Waals surface area contributed by atoms with E-state index in [-0.39, 0.29) is 29.5 Å². The van der Waals surface area contributed by atoms with Crippen LogP contribution in [0.15, 0.2) is 12.3 Å². The number of aromatic nitrogens is 1. The molecule has 9 heteroatoms. The molecule has 0 radical (unpaired) electrons. The Hall–Kier alpha value is -2.55. The van der Waals surface area contributed by atoms with Crippen LogP contribution in [-0.4, -0.2) is 58.6 Å². The van der Waals surface area contributed by atoms with Crippen LogP contribution in [0.5, 0.6) is 0 Å². The maximum atomic E-state index is 12.2. The molecule has 9 nitrogen and oxygen atoms in total. The molecule has 0 amide bonds. The molecule has 0 spiro atoms. The molecule has 1 N–H and O–H groups in total. The van der Waals surface area contributed by atoms with Crippen molar-refractivity contribution in [3.63, 3.8) is 0 Å². The number of pyridine rings is 1. The van der Waals surface area contributed by atoms with E-state index >= 15 is 0 Å². The molecule has 0 saturated carbocycles. The van der Waals surface area contributed by atoms with Crippen LogP contribution in [0.1, 0.15) is 35.3 Å². The summed E-state index contributed by atoms with van der Waals surface area (Å²) in [6.07, 6.45) is 1.63. The van der Waals surface area contributed by atoms with Crippen molar-refractivity contribution in [2.45, 2.75) is 19.3 Å². The van der Waals surface area contributed by atoms with E-state index in [9.17, 15) is 24.8 Å². The van der Waals surface area contributed by atoms with Gasteiger partial charge in [0.15, 0.2) is 0 Å². The van der Waals surface area contributed by atoms with Gasteiger partial charge in [0, 0.05) is 12.6 Å². The first-order chi connectivity index (χ1) is 11.3. The fourth-order valence-corrected chi connectivity index (χ4v) is 2.97. The van der Waals surface area contributed by atoms with Crippen molar-refractivity contribution in [1.82, 2.24) is 9.88 Å². The highest BCUT2D eigenvalue weighted by molar-refractivity contribution is 5.93. The van der Waals surface area contributed by atoms with Crippen LogP contribution >= 0.6 is 0 Å². The zero-order valence-electron chi connectivity index (χ0n) is 13.5. The normalized spacial score (nSPS) is 19.0. The largest absolute Gasteiger partial charge is 0.481 e. The predicted octanol–water partition coefficient (Wildman–Crippen LogP) is 1.29. The monoisotopic (exact) mass is 337 g/mol. The van der Waals surface area contributed by atoms with Gasteiger partial charge in [-0.1, -0.05) is 0 Å². The Balaban J connectivity index is 2.50. The second-order valence-corrected chi connectivity index (χ2v) is 5.73. The van der Waals surface area contributed by atoms with Crippen molar-refractivity contribution in [1.29, 1.82) is 0 Å². The summed E-state index contributed by atoms with van der Waals surface area (Å²) >= 11 is 0. The average molecular weight is 337 g/mol. The van der Waals surface area contributed by atoms with Gasteiger partial charge in [0.05, 0.1) is 22.8 Å². The number of hydrogen-bond donors (Lipinski definition) is 1.